The molecule has 2 aromatic heterocycles. The molecule has 35 heavy (non-hydrogen) atoms. The molecule has 2 N–H and O–H groups in total. The van der Waals surface area contributed by atoms with Crippen LogP contribution in [0.2, 0.25) is 0 Å². The minimum Gasteiger partial charge on any atom is -0.376 e. The Morgan fingerprint density at radius 2 is 1.71 bits per heavy atom. The number of nitrogens with zero attached hydrogens (tertiary/aromatic N) is 3. The zero-order valence-electron chi connectivity index (χ0n) is 20.8. The number of carbonyl (C=O) groups excluding carboxylic acids is 2. The molecule has 2 aliphatic rings. The number of nitrogens with one attached hydrogen (secondary N) is 2. The topological polar surface area (TPSA) is 107 Å². The van der Waals surface area contributed by atoms with Gasteiger partial charge in [-0.2, -0.15) is 5.10 Å². The third-order valence-electron chi connectivity index (χ3n) is 7.22. The van der Waals surface area contributed by atoms with Crippen molar-refractivity contribution >= 4 is 11.8 Å². The van der Waals surface area contributed by atoms with E-state index in [1.807, 2.05) is 14.0 Å². The number of aryl methyl sites for hydroxylation is 1. The summed E-state index contributed by atoms with van der Waals surface area (Å²) in [4.78, 5) is 39.6. The second kappa shape index (κ2) is 11.7. The van der Waals surface area contributed by atoms with Crippen LogP contribution in [0.15, 0.2) is 23.4 Å². The second-order valence-corrected chi connectivity index (χ2v) is 9.82. The van der Waals surface area contributed by atoms with E-state index >= 15 is 0 Å². The fraction of sp³-hybridized carbons (Fsp3) is 0.615. The minimum absolute atomic E-state index is 0.00738. The molecule has 3 heterocycles. The molecule has 4 rings (SSSR count). The molecule has 1 saturated carbocycles. The molecule has 1 aliphatic carbocycles. The molecular weight excluding hydrogens is 446 g/mol. The van der Waals surface area contributed by atoms with Crippen molar-refractivity contribution in [1.29, 1.82) is 0 Å². The van der Waals surface area contributed by atoms with Crippen LogP contribution in [0.1, 0.15) is 89.8 Å². The summed E-state index contributed by atoms with van der Waals surface area (Å²) in [7, 11) is 1.84. The van der Waals surface area contributed by atoms with E-state index in [0.29, 0.717) is 13.2 Å². The first-order valence-corrected chi connectivity index (χ1v) is 12.8. The average molecular weight is 484 g/mol. The van der Waals surface area contributed by atoms with E-state index in [0.717, 1.165) is 49.8 Å². The number of hydrogen-bond acceptors (Lipinski definition) is 5. The van der Waals surface area contributed by atoms with Crippen molar-refractivity contribution in [3.8, 4) is 0 Å². The number of aromatic nitrogens is 3. The molecule has 9 nitrogen and oxygen atoms in total. The second-order valence-electron chi connectivity index (χ2n) is 9.82. The average Bonchev–Trinajstić information content (AvgIpc) is 3.44. The molecule has 1 aliphatic heterocycles. The Morgan fingerprint density at radius 1 is 1.03 bits per heavy atom. The van der Waals surface area contributed by atoms with Crippen molar-refractivity contribution in [3.05, 3.63) is 51.2 Å². The summed E-state index contributed by atoms with van der Waals surface area (Å²) in [6, 6.07) is 0.0554. The number of rotatable bonds is 7. The van der Waals surface area contributed by atoms with E-state index in [1.165, 1.54) is 19.3 Å². The lowest BCUT2D eigenvalue weighted by Crippen LogP contribution is -2.40. The highest BCUT2D eigenvalue weighted by Crippen LogP contribution is 2.18. The molecule has 9 heteroatoms. The monoisotopic (exact) mass is 483 g/mol. The lowest BCUT2D eigenvalue weighted by molar-refractivity contribution is 0.0914. The molecule has 0 radical (unpaired) electrons. The number of carbonyl (C=O) groups is 2. The Bertz CT molecular complexity index is 1090. The zero-order chi connectivity index (χ0) is 24.8. The Morgan fingerprint density at radius 3 is 2.34 bits per heavy atom. The largest absolute Gasteiger partial charge is 0.376 e. The quantitative estimate of drug-likeness (QED) is 0.630. The third kappa shape index (κ3) is 6.39. The minimum atomic E-state index is -0.544. The predicted octanol–water partition coefficient (Wildman–Crippen LogP) is 2.84. The molecule has 0 bridgehead atoms. The summed E-state index contributed by atoms with van der Waals surface area (Å²) < 4.78 is 9.24. The zero-order valence-corrected chi connectivity index (χ0v) is 20.8. The van der Waals surface area contributed by atoms with Crippen LogP contribution in [-0.2, 0) is 24.9 Å². The van der Waals surface area contributed by atoms with Crippen LogP contribution < -0.4 is 16.1 Å². The van der Waals surface area contributed by atoms with Crippen LogP contribution in [-0.4, -0.2) is 44.9 Å². The van der Waals surface area contributed by atoms with Gasteiger partial charge in [-0.05, 0) is 32.6 Å². The highest BCUT2D eigenvalue weighted by Gasteiger charge is 2.24. The summed E-state index contributed by atoms with van der Waals surface area (Å²) in [6.07, 6.45) is 14.3. The van der Waals surface area contributed by atoms with Gasteiger partial charge in [-0.25, -0.2) is 0 Å². The molecule has 2 amide bonds. The van der Waals surface area contributed by atoms with Gasteiger partial charge in [0.2, 0.25) is 5.43 Å². The number of hydrogen-bond donors (Lipinski definition) is 2. The van der Waals surface area contributed by atoms with Gasteiger partial charge in [-0.3, -0.25) is 19.1 Å². The van der Waals surface area contributed by atoms with Gasteiger partial charge >= 0.3 is 0 Å². The lowest BCUT2D eigenvalue weighted by Gasteiger charge is -2.21. The normalized spacial score (nSPS) is 19.2. The molecular formula is C26H37N5O4. The van der Waals surface area contributed by atoms with Gasteiger partial charge < -0.3 is 19.9 Å². The van der Waals surface area contributed by atoms with Crippen molar-refractivity contribution in [3.63, 3.8) is 0 Å². The molecule has 190 valence electrons. The van der Waals surface area contributed by atoms with E-state index in [-0.39, 0.29) is 29.8 Å². The maximum atomic E-state index is 13.3. The lowest BCUT2D eigenvalue weighted by atomic mass is 9.96. The standard InChI is InChI=1S/C26H37N5O4/c1-18-19(14-28-30(18)2)13-27-25(33)22-16-31(15-21-11-8-12-35-21)17-23(24(22)32)26(34)29-20-9-6-4-3-5-7-10-20/h14,16-17,20-21H,3-13,15H2,1-2H3,(H,27,33)(H,29,34)/t21-/m1/s1. The number of ether oxygens (including phenoxy) is 1. The van der Waals surface area contributed by atoms with E-state index in [2.05, 4.69) is 15.7 Å². The summed E-state index contributed by atoms with van der Waals surface area (Å²) in [6.45, 7) is 3.37. The van der Waals surface area contributed by atoms with Crippen molar-refractivity contribution in [1.82, 2.24) is 25.0 Å². The van der Waals surface area contributed by atoms with Gasteiger partial charge in [-0.15, -0.1) is 0 Å². The maximum Gasteiger partial charge on any atom is 0.257 e. The van der Waals surface area contributed by atoms with Crippen molar-refractivity contribution in [2.75, 3.05) is 6.61 Å². The fourth-order valence-electron chi connectivity index (χ4n) is 4.94. The number of pyridine rings is 1. The van der Waals surface area contributed by atoms with Crippen molar-refractivity contribution in [2.45, 2.75) is 89.9 Å². The molecule has 1 atom stereocenters. The van der Waals surface area contributed by atoms with Crippen LogP contribution in [0.5, 0.6) is 0 Å². The molecule has 0 spiro atoms. The third-order valence-corrected chi connectivity index (χ3v) is 7.22. The molecule has 1 saturated heterocycles. The van der Waals surface area contributed by atoms with Gasteiger partial charge in [-0.1, -0.05) is 32.1 Å². The van der Waals surface area contributed by atoms with Crippen LogP contribution in [0, 0.1) is 6.92 Å². The smallest absolute Gasteiger partial charge is 0.257 e. The summed E-state index contributed by atoms with van der Waals surface area (Å²) >= 11 is 0. The summed E-state index contributed by atoms with van der Waals surface area (Å²) in [5.41, 5.74) is 1.24. The fourth-order valence-corrected chi connectivity index (χ4v) is 4.94. The van der Waals surface area contributed by atoms with E-state index in [9.17, 15) is 14.4 Å². The Kier molecular flexibility index (Phi) is 8.38. The van der Waals surface area contributed by atoms with Crippen LogP contribution in [0.3, 0.4) is 0 Å². The van der Waals surface area contributed by atoms with Crippen LogP contribution >= 0.6 is 0 Å². The maximum absolute atomic E-state index is 13.3. The molecule has 0 unspecified atom stereocenters. The summed E-state index contributed by atoms with van der Waals surface area (Å²) in [5, 5.41) is 10.1. The Labute approximate surface area is 206 Å². The van der Waals surface area contributed by atoms with Gasteiger partial charge in [0.15, 0.2) is 0 Å². The van der Waals surface area contributed by atoms with Gasteiger partial charge in [0.25, 0.3) is 11.8 Å². The highest BCUT2D eigenvalue weighted by atomic mass is 16.5. The first-order valence-electron chi connectivity index (χ1n) is 12.8. The van der Waals surface area contributed by atoms with Gasteiger partial charge in [0, 0.05) is 56.4 Å². The van der Waals surface area contributed by atoms with Crippen molar-refractivity contribution in [2.24, 2.45) is 7.05 Å². The van der Waals surface area contributed by atoms with Gasteiger partial charge in [0.1, 0.15) is 11.1 Å². The Balaban J connectivity index is 1.56. The highest BCUT2D eigenvalue weighted by molar-refractivity contribution is 5.99. The number of amides is 2. The molecule has 0 aromatic carbocycles. The SMILES string of the molecule is Cc1c(CNC(=O)c2cn(C[C@H]3CCCO3)cc(C(=O)NC3CCCCCCC3)c2=O)cnn1C. The van der Waals surface area contributed by atoms with Crippen LogP contribution in [0.4, 0.5) is 0 Å². The van der Waals surface area contributed by atoms with Crippen molar-refractivity contribution < 1.29 is 14.3 Å². The Hall–Kier alpha value is -2.94. The molecule has 2 aromatic rings. The van der Waals surface area contributed by atoms with Crippen LogP contribution in [0.25, 0.3) is 0 Å². The van der Waals surface area contributed by atoms with E-state index in [4.69, 9.17) is 4.74 Å². The first kappa shape index (κ1) is 25.2. The predicted molar refractivity (Wildman–Crippen MR) is 132 cm³/mol. The van der Waals surface area contributed by atoms with E-state index in [1.54, 1.807) is 27.8 Å². The molecule has 2 fully saturated rings. The first-order chi connectivity index (χ1) is 16.9. The summed E-state index contributed by atoms with van der Waals surface area (Å²) in [5.74, 6) is -0.903. The van der Waals surface area contributed by atoms with E-state index < -0.39 is 17.2 Å². The van der Waals surface area contributed by atoms with Gasteiger partial charge in [0.05, 0.1) is 12.3 Å².